The molecule has 1 aromatic rings. The van der Waals surface area contributed by atoms with Gasteiger partial charge in [-0.25, -0.2) is 8.42 Å². The number of hydrogen-bond donors (Lipinski definition) is 1. The summed E-state index contributed by atoms with van der Waals surface area (Å²) in [5, 5.41) is 7.74. The maximum absolute atomic E-state index is 12.2. The van der Waals surface area contributed by atoms with Crippen LogP contribution >= 0.6 is 0 Å². The average Bonchev–Trinajstić information content (AvgIpc) is 2.22. The van der Waals surface area contributed by atoms with Crippen molar-refractivity contribution < 1.29 is 18.3 Å². The highest BCUT2D eigenvalue weighted by Gasteiger charge is 2.31. The van der Waals surface area contributed by atoms with E-state index in [0.29, 0.717) is 12.0 Å². The number of hydrogen-bond acceptors (Lipinski definition) is 3. The summed E-state index contributed by atoms with van der Waals surface area (Å²) in [6.45, 7) is 5.57. The molecular weight excluding hydrogens is 264 g/mol. The highest BCUT2D eigenvalue weighted by Crippen LogP contribution is 2.18. The Bertz CT molecular complexity index is 541. The van der Waals surface area contributed by atoms with Crippen LogP contribution in [0.2, 0.25) is 0 Å². The van der Waals surface area contributed by atoms with Gasteiger partial charge in [0.2, 0.25) is 0 Å². The van der Waals surface area contributed by atoms with Crippen molar-refractivity contribution in [3.05, 3.63) is 34.9 Å². The van der Waals surface area contributed by atoms with Crippen molar-refractivity contribution in [3.8, 4) is 0 Å². The van der Waals surface area contributed by atoms with Gasteiger partial charge in [0.1, 0.15) is 0 Å². The number of aryl methyl sites for hydroxylation is 2. The van der Waals surface area contributed by atoms with E-state index in [1.807, 2.05) is 19.9 Å². The van der Waals surface area contributed by atoms with E-state index in [4.69, 9.17) is 5.11 Å². The van der Waals surface area contributed by atoms with Gasteiger partial charge in [0.15, 0.2) is 15.1 Å². The van der Waals surface area contributed by atoms with Crippen LogP contribution in [0.5, 0.6) is 0 Å². The summed E-state index contributed by atoms with van der Waals surface area (Å²) in [4.78, 5) is 11.1. The van der Waals surface area contributed by atoms with E-state index in [-0.39, 0.29) is 12.2 Å². The van der Waals surface area contributed by atoms with Gasteiger partial charge in [0.05, 0.1) is 5.75 Å². The molecule has 1 aromatic carbocycles. The Hall–Kier alpha value is -1.36. The lowest BCUT2D eigenvalue weighted by molar-refractivity contribution is -0.136. The standard InChI is InChI=1S/C14H20O4S/c1-4-5-13(14(15)16)19(17,18)9-12-7-10(2)6-11(3)8-12/h6-8,13H,4-5,9H2,1-3H3,(H,15,16). The first-order valence-electron chi connectivity index (χ1n) is 6.28. The molecular formula is C14H20O4S. The molecule has 1 N–H and O–H groups in total. The summed E-state index contributed by atoms with van der Waals surface area (Å²) in [6.07, 6.45) is 0.686. The zero-order chi connectivity index (χ0) is 14.6. The summed E-state index contributed by atoms with van der Waals surface area (Å²) in [7, 11) is -3.67. The van der Waals surface area contributed by atoms with E-state index in [0.717, 1.165) is 11.1 Å². The second-order valence-corrected chi connectivity index (χ2v) is 7.10. The van der Waals surface area contributed by atoms with Crippen LogP contribution in [0.15, 0.2) is 18.2 Å². The Labute approximate surface area is 114 Å². The third kappa shape index (κ3) is 4.35. The number of carboxylic acid groups (broad SMARTS) is 1. The zero-order valence-electron chi connectivity index (χ0n) is 11.5. The SMILES string of the molecule is CCCC(C(=O)O)S(=O)(=O)Cc1cc(C)cc(C)c1. The molecule has 4 nitrogen and oxygen atoms in total. The molecule has 0 saturated carbocycles. The first kappa shape index (κ1) is 15.7. The van der Waals surface area contributed by atoms with Crippen molar-refractivity contribution in [2.24, 2.45) is 0 Å². The Morgan fingerprint density at radius 1 is 1.21 bits per heavy atom. The van der Waals surface area contributed by atoms with E-state index in [1.54, 1.807) is 19.1 Å². The first-order valence-corrected chi connectivity index (χ1v) is 7.99. The van der Waals surface area contributed by atoms with Crippen molar-refractivity contribution in [1.29, 1.82) is 0 Å². The molecule has 1 atom stereocenters. The third-order valence-corrected chi connectivity index (χ3v) is 4.95. The van der Waals surface area contributed by atoms with Gasteiger partial charge < -0.3 is 5.11 Å². The minimum atomic E-state index is -3.67. The van der Waals surface area contributed by atoms with E-state index in [2.05, 4.69) is 0 Å². The summed E-state index contributed by atoms with van der Waals surface area (Å²) in [6, 6.07) is 5.53. The number of rotatable bonds is 6. The van der Waals surface area contributed by atoms with E-state index < -0.39 is 21.1 Å². The van der Waals surface area contributed by atoms with Crippen LogP contribution in [-0.4, -0.2) is 24.7 Å². The van der Waals surface area contributed by atoms with Gasteiger partial charge in [-0.15, -0.1) is 0 Å². The van der Waals surface area contributed by atoms with Gasteiger partial charge in [-0.1, -0.05) is 42.7 Å². The van der Waals surface area contributed by atoms with Crippen LogP contribution in [0.25, 0.3) is 0 Å². The lowest BCUT2D eigenvalue weighted by Gasteiger charge is -2.13. The van der Waals surface area contributed by atoms with Crippen LogP contribution < -0.4 is 0 Å². The smallest absolute Gasteiger partial charge is 0.321 e. The number of benzene rings is 1. The fourth-order valence-corrected chi connectivity index (χ4v) is 3.94. The quantitative estimate of drug-likeness (QED) is 0.871. The summed E-state index contributed by atoms with van der Waals surface area (Å²) < 4.78 is 24.3. The Morgan fingerprint density at radius 3 is 2.16 bits per heavy atom. The minimum Gasteiger partial charge on any atom is -0.480 e. The van der Waals surface area contributed by atoms with E-state index in [9.17, 15) is 13.2 Å². The van der Waals surface area contributed by atoms with Crippen molar-refractivity contribution in [1.82, 2.24) is 0 Å². The number of carboxylic acids is 1. The van der Waals surface area contributed by atoms with Crippen LogP contribution in [0.4, 0.5) is 0 Å². The van der Waals surface area contributed by atoms with Crippen LogP contribution in [0.1, 0.15) is 36.5 Å². The zero-order valence-corrected chi connectivity index (χ0v) is 12.3. The van der Waals surface area contributed by atoms with Crippen molar-refractivity contribution in [2.75, 3.05) is 0 Å². The predicted octanol–water partition coefficient (Wildman–Crippen LogP) is 2.47. The van der Waals surface area contributed by atoms with E-state index in [1.165, 1.54) is 0 Å². The van der Waals surface area contributed by atoms with Gasteiger partial charge in [-0.05, 0) is 25.8 Å². The largest absolute Gasteiger partial charge is 0.480 e. The average molecular weight is 284 g/mol. The molecule has 0 spiro atoms. The Balaban J connectivity index is 3.03. The molecule has 0 heterocycles. The second-order valence-electron chi connectivity index (χ2n) is 4.92. The van der Waals surface area contributed by atoms with Gasteiger partial charge in [0.25, 0.3) is 0 Å². The minimum absolute atomic E-state index is 0.155. The maximum atomic E-state index is 12.2. The molecule has 5 heteroatoms. The van der Waals surface area contributed by atoms with Crippen molar-refractivity contribution in [3.63, 3.8) is 0 Å². The predicted molar refractivity (Wildman–Crippen MR) is 74.9 cm³/mol. The molecule has 0 bridgehead atoms. The molecule has 1 unspecified atom stereocenters. The van der Waals surface area contributed by atoms with Gasteiger partial charge in [-0.3, -0.25) is 4.79 Å². The molecule has 1 rings (SSSR count). The summed E-state index contributed by atoms with van der Waals surface area (Å²) >= 11 is 0. The summed E-state index contributed by atoms with van der Waals surface area (Å²) in [5.41, 5.74) is 2.61. The molecule has 106 valence electrons. The molecule has 0 amide bonds. The van der Waals surface area contributed by atoms with Crippen molar-refractivity contribution in [2.45, 2.75) is 44.6 Å². The molecule has 0 saturated heterocycles. The van der Waals surface area contributed by atoms with Crippen LogP contribution in [-0.2, 0) is 20.4 Å². The van der Waals surface area contributed by atoms with Gasteiger partial charge in [-0.2, -0.15) is 0 Å². The lowest BCUT2D eigenvalue weighted by Crippen LogP contribution is -2.31. The van der Waals surface area contributed by atoms with Crippen LogP contribution in [0.3, 0.4) is 0 Å². The van der Waals surface area contributed by atoms with Crippen molar-refractivity contribution >= 4 is 15.8 Å². The fourth-order valence-electron chi connectivity index (χ4n) is 2.20. The first-order chi connectivity index (χ1) is 8.76. The molecule has 0 radical (unpaired) electrons. The highest BCUT2D eigenvalue weighted by molar-refractivity contribution is 7.92. The number of carbonyl (C=O) groups is 1. The lowest BCUT2D eigenvalue weighted by atomic mass is 10.1. The third-order valence-electron chi connectivity index (χ3n) is 2.91. The molecule has 0 aliphatic carbocycles. The maximum Gasteiger partial charge on any atom is 0.321 e. The molecule has 0 fully saturated rings. The van der Waals surface area contributed by atoms with E-state index >= 15 is 0 Å². The number of aliphatic carboxylic acids is 1. The molecule has 0 aromatic heterocycles. The number of sulfone groups is 1. The Kier molecular flexibility index (Phi) is 5.11. The second kappa shape index (κ2) is 6.19. The Morgan fingerprint density at radius 2 is 1.74 bits per heavy atom. The fraction of sp³-hybridized carbons (Fsp3) is 0.500. The van der Waals surface area contributed by atoms with Gasteiger partial charge >= 0.3 is 5.97 Å². The highest BCUT2D eigenvalue weighted by atomic mass is 32.2. The molecule has 0 aliphatic rings. The van der Waals surface area contributed by atoms with Crippen LogP contribution in [0, 0.1) is 13.8 Å². The van der Waals surface area contributed by atoms with Gasteiger partial charge in [0, 0.05) is 0 Å². The topological polar surface area (TPSA) is 71.4 Å². The molecule has 0 aliphatic heterocycles. The summed E-state index contributed by atoms with van der Waals surface area (Å²) in [5.74, 6) is -1.47. The monoisotopic (exact) mass is 284 g/mol. The molecule has 19 heavy (non-hydrogen) atoms. The normalized spacial score (nSPS) is 13.2.